The van der Waals surface area contributed by atoms with Gasteiger partial charge in [0.15, 0.2) is 5.82 Å². The highest BCUT2D eigenvalue weighted by Gasteiger charge is 2.70. The molecule has 2 aromatic rings. The summed E-state index contributed by atoms with van der Waals surface area (Å²) in [7, 11) is 0. The molecule has 9 atom stereocenters. The zero-order chi connectivity index (χ0) is 40.9. The van der Waals surface area contributed by atoms with E-state index in [0.717, 1.165) is 29.5 Å². The van der Waals surface area contributed by atoms with Crippen LogP contribution in [0.3, 0.4) is 0 Å². The number of hydrogen-bond donors (Lipinski definition) is 2. The van der Waals surface area contributed by atoms with Crippen LogP contribution in [0.1, 0.15) is 133 Å². The van der Waals surface area contributed by atoms with E-state index in [4.69, 9.17) is 0 Å². The monoisotopic (exact) mass is 789 g/mol. The van der Waals surface area contributed by atoms with E-state index < -0.39 is 18.0 Å². The van der Waals surface area contributed by atoms with E-state index in [1.807, 2.05) is 12.1 Å². The molecule has 2 heterocycles. The highest BCUT2D eigenvalue weighted by molar-refractivity contribution is 5.88. The molecule has 4 saturated carbocycles. The summed E-state index contributed by atoms with van der Waals surface area (Å²) in [4.78, 5) is 26.5. The first-order valence-corrected chi connectivity index (χ1v) is 21.4. The summed E-state index contributed by atoms with van der Waals surface area (Å²) in [6.45, 7) is 21.3. The van der Waals surface area contributed by atoms with Gasteiger partial charge in [-0.05, 0) is 145 Å². The first-order valence-electron chi connectivity index (χ1n) is 21.4. The van der Waals surface area contributed by atoms with Crippen LogP contribution in [0.15, 0.2) is 42.5 Å². The molecule has 1 aromatic heterocycles. The number of aromatic carboxylic acids is 1. The minimum Gasteiger partial charge on any atom is -0.478 e. The molecule has 8 nitrogen and oxygen atoms in total. The summed E-state index contributed by atoms with van der Waals surface area (Å²) in [5, 5.41) is 20.4. The largest absolute Gasteiger partial charge is 0.478 e. The van der Waals surface area contributed by atoms with Crippen molar-refractivity contribution in [2.24, 2.45) is 56.7 Å². The van der Waals surface area contributed by atoms with Crippen LogP contribution in [0, 0.1) is 56.7 Å². The molecule has 57 heavy (non-hydrogen) atoms. The Labute approximate surface area is 336 Å². The third kappa shape index (κ3) is 6.16. The predicted octanol–water partition coefficient (Wildman–Crippen LogP) is 9.67. The van der Waals surface area contributed by atoms with Crippen molar-refractivity contribution in [2.45, 2.75) is 125 Å². The second-order valence-corrected chi connectivity index (χ2v) is 20.3. The molecular weight excluding hydrogens is 728 g/mol. The summed E-state index contributed by atoms with van der Waals surface area (Å²) in [6, 6.07) is 7.49. The van der Waals surface area contributed by atoms with Crippen molar-refractivity contribution in [2.75, 3.05) is 19.6 Å². The van der Waals surface area contributed by atoms with Crippen molar-refractivity contribution >= 4 is 17.4 Å². The van der Waals surface area contributed by atoms with Crippen molar-refractivity contribution in [3.63, 3.8) is 0 Å². The molecule has 1 aliphatic heterocycles. The van der Waals surface area contributed by atoms with Crippen molar-refractivity contribution in [1.82, 2.24) is 25.0 Å². The zero-order valence-corrected chi connectivity index (χ0v) is 34.8. The van der Waals surface area contributed by atoms with Gasteiger partial charge in [-0.15, -0.1) is 10.2 Å². The summed E-state index contributed by atoms with van der Waals surface area (Å²) in [5.41, 5.74) is 4.83. The Kier molecular flexibility index (Phi) is 9.76. The maximum atomic E-state index is 13.3. The molecule has 6 aliphatic rings. The number of allylic oxidation sites excluding steroid dienone is 3. The number of alkyl halides is 3. The number of carbonyl (C=O) groups is 2. The molecule has 5 aliphatic carbocycles. The molecule has 1 aromatic carbocycles. The predicted molar refractivity (Wildman–Crippen MR) is 214 cm³/mol. The van der Waals surface area contributed by atoms with Crippen LogP contribution < -0.4 is 5.32 Å². The minimum atomic E-state index is -4.57. The second-order valence-electron chi connectivity index (χ2n) is 20.3. The lowest BCUT2D eigenvalue weighted by Crippen LogP contribution is -2.65. The van der Waals surface area contributed by atoms with Gasteiger partial charge < -0.3 is 19.9 Å². The highest BCUT2D eigenvalue weighted by atomic mass is 19.4. The molecule has 2 N–H and O–H groups in total. The van der Waals surface area contributed by atoms with Crippen molar-refractivity contribution in [3.8, 4) is 0 Å². The first kappa shape index (κ1) is 40.3. The SMILES string of the molecule is C=C(C)[C@@H]1CC[C@]2(CNCCC(=O)N3CCn4c(nnc4C(F)(F)F)C3)CC[C@]3(C)[C@H](CC[C@@H]4[C@@]5(C)CC=C(c6ccc(C(=O)O)cc6)C(C)(C)[C@@H]5CC[C@]43C)[C@@H]12. The van der Waals surface area contributed by atoms with Crippen molar-refractivity contribution < 1.29 is 27.9 Å². The number of carboxylic acid groups (broad SMARTS) is 1. The van der Waals surface area contributed by atoms with Crippen LogP contribution >= 0.6 is 0 Å². The van der Waals surface area contributed by atoms with Crippen LogP contribution in [0.5, 0.6) is 0 Å². The molecule has 4 fully saturated rings. The van der Waals surface area contributed by atoms with E-state index in [9.17, 15) is 27.9 Å². The van der Waals surface area contributed by atoms with E-state index in [0.29, 0.717) is 48.1 Å². The quantitative estimate of drug-likeness (QED) is 0.204. The van der Waals surface area contributed by atoms with E-state index in [1.165, 1.54) is 56.1 Å². The Balaban J connectivity index is 0.975. The number of benzene rings is 1. The highest BCUT2D eigenvalue weighted by Crippen LogP contribution is 2.77. The molecule has 0 bridgehead atoms. The molecule has 310 valence electrons. The number of nitrogens with zero attached hydrogens (tertiary/aromatic N) is 4. The van der Waals surface area contributed by atoms with Gasteiger partial charge in [0.1, 0.15) is 0 Å². The van der Waals surface area contributed by atoms with Gasteiger partial charge in [-0.25, -0.2) is 4.79 Å². The molecule has 0 saturated heterocycles. The third-order valence-corrected chi connectivity index (χ3v) is 17.6. The van der Waals surface area contributed by atoms with E-state index in [-0.39, 0.29) is 58.4 Å². The number of halogens is 3. The number of carboxylic acids is 1. The number of rotatable bonds is 8. The molecule has 0 unspecified atom stereocenters. The summed E-state index contributed by atoms with van der Waals surface area (Å²) in [5.74, 6) is 1.01. The summed E-state index contributed by atoms with van der Waals surface area (Å²) in [6.07, 6.45) is 8.88. The third-order valence-electron chi connectivity index (χ3n) is 17.6. The Morgan fingerprint density at radius 3 is 2.35 bits per heavy atom. The maximum Gasteiger partial charge on any atom is 0.451 e. The number of carbonyl (C=O) groups excluding carboxylic acids is 1. The van der Waals surface area contributed by atoms with Gasteiger partial charge in [-0.1, -0.05) is 65.0 Å². The lowest BCUT2D eigenvalue weighted by atomic mass is 9.32. The summed E-state index contributed by atoms with van der Waals surface area (Å²) >= 11 is 0. The van der Waals surface area contributed by atoms with Crippen LogP contribution in [0.4, 0.5) is 13.2 Å². The van der Waals surface area contributed by atoms with Crippen LogP contribution in [0.25, 0.3) is 5.57 Å². The molecule has 1 amide bonds. The molecular formula is C46H62F3N5O3. The lowest BCUT2D eigenvalue weighted by molar-refractivity contribution is -0.225. The average Bonchev–Trinajstić information content (AvgIpc) is 3.76. The van der Waals surface area contributed by atoms with Crippen molar-refractivity contribution in [1.29, 1.82) is 0 Å². The maximum absolute atomic E-state index is 13.3. The standard InChI is InChI=1S/C46H62F3N5O3/c1-28(2)31-14-20-45(27-50-23-17-37(55)53-24-25-54-36(26-53)51-52-40(54)46(47,48)49)22-21-43(6)33(38(31)45)12-13-35-42(5)18-15-32(29-8-10-30(11-9-29)39(56)57)41(3,4)34(42)16-19-44(35,43)7/h8-11,15,31,33-35,38,50H,1,12-14,16-27H2,2-7H3,(H,56,57)/t31-,33+,34-,35+,38+,42-,43+,44+,45+/m0/s1. The Morgan fingerprint density at radius 1 is 0.930 bits per heavy atom. The smallest absolute Gasteiger partial charge is 0.451 e. The topological polar surface area (TPSA) is 100 Å². The van der Waals surface area contributed by atoms with Crippen LogP contribution in [-0.4, -0.2) is 56.3 Å². The molecule has 11 heteroatoms. The average molecular weight is 790 g/mol. The molecule has 8 rings (SSSR count). The number of amides is 1. The lowest BCUT2D eigenvalue weighted by Gasteiger charge is -2.72. The Bertz CT molecular complexity index is 1970. The second kappa shape index (κ2) is 13.8. The van der Waals surface area contributed by atoms with Gasteiger partial charge in [0, 0.05) is 32.6 Å². The normalized spacial score (nSPS) is 36.9. The number of nitrogens with one attached hydrogen (secondary N) is 1. The Hall–Kier alpha value is -3.47. The zero-order valence-electron chi connectivity index (χ0n) is 34.8. The van der Waals surface area contributed by atoms with Crippen LogP contribution in [0.2, 0.25) is 0 Å². The number of aromatic nitrogens is 3. The van der Waals surface area contributed by atoms with E-state index in [1.54, 1.807) is 17.0 Å². The Morgan fingerprint density at radius 2 is 1.67 bits per heavy atom. The minimum absolute atomic E-state index is 0.0355. The van der Waals surface area contributed by atoms with Crippen LogP contribution in [-0.2, 0) is 24.1 Å². The fourth-order valence-electron chi connectivity index (χ4n) is 14.8. The van der Waals surface area contributed by atoms with Crippen molar-refractivity contribution in [3.05, 3.63) is 65.3 Å². The molecule has 0 radical (unpaired) electrons. The van der Waals surface area contributed by atoms with Gasteiger partial charge in [0.2, 0.25) is 11.7 Å². The van der Waals surface area contributed by atoms with Gasteiger partial charge in [0.05, 0.1) is 12.1 Å². The van der Waals surface area contributed by atoms with Gasteiger partial charge in [-0.3, -0.25) is 4.79 Å². The first-order chi connectivity index (χ1) is 26.8. The van der Waals surface area contributed by atoms with E-state index >= 15 is 0 Å². The van der Waals surface area contributed by atoms with E-state index in [2.05, 4.69) is 69.7 Å². The number of fused-ring (bicyclic) bond motifs is 8. The summed E-state index contributed by atoms with van der Waals surface area (Å²) < 4.78 is 41.1. The molecule has 0 spiro atoms. The fraction of sp³-hybridized carbons (Fsp3) is 0.696. The van der Waals surface area contributed by atoms with Gasteiger partial charge >= 0.3 is 12.1 Å². The fourth-order valence-corrected chi connectivity index (χ4v) is 14.8. The van der Waals surface area contributed by atoms with Gasteiger partial charge in [0.25, 0.3) is 0 Å². The van der Waals surface area contributed by atoms with Gasteiger partial charge in [-0.2, -0.15) is 13.2 Å². The number of hydrogen-bond acceptors (Lipinski definition) is 5.